The molecule has 144 valence electrons. The molecule has 3 aromatic rings. The predicted octanol–water partition coefficient (Wildman–Crippen LogP) is 4.34. The van der Waals surface area contributed by atoms with Crippen LogP contribution in [0.5, 0.6) is 0 Å². The van der Waals surface area contributed by atoms with Gasteiger partial charge in [0.05, 0.1) is 5.69 Å². The van der Waals surface area contributed by atoms with Crippen LogP contribution < -0.4 is 10.2 Å². The number of pyridine rings is 1. The van der Waals surface area contributed by atoms with Gasteiger partial charge in [-0.2, -0.15) is 0 Å². The number of carbonyl (C=O) groups excluding carboxylic acids is 1. The lowest BCUT2D eigenvalue weighted by Gasteiger charge is -2.33. The average molecular weight is 374 g/mol. The maximum absolute atomic E-state index is 12.8. The summed E-state index contributed by atoms with van der Waals surface area (Å²) in [4.78, 5) is 19.7. The van der Waals surface area contributed by atoms with E-state index in [1.807, 2.05) is 56.7 Å². The standard InChI is InChI=1S/C23H26N4O/c1-17-7-8-18(2)20(16-17)25-23(28)19-9-14-27(15-10-19)22-21(6-5-11-24-22)26-12-3-4-13-26/h3-8,11-13,16,19H,9-10,14-15H2,1-2H3,(H,25,28). The second kappa shape index (κ2) is 7.89. The predicted molar refractivity (Wildman–Crippen MR) is 113 cm³/mol. The van der Waals surface area contributed by atoms with Gasteiger partial charge in [0.25, 0.3) is 0 Å². The van der Waals surface area contributed by atoms with Crippen LogP contribution in [0.2, 0.25) is 0 Å². The van der Waals surface area contributed by atoms with Gasteiger partial charge in [0, 0.05) is 43.3 Å². The van der Waals surface area contributed by atoms with Crippen LogP contribution in [0, 0.1) is 19.8 Å². The summed E-state index contributed by atoms with van der Waals surface area (Å²) in [6.45, 7) is 5.73. The molecule has 5 nitrogen and oxygen atoms in total. The number of piperidine rings is 1. The van der Waals surface area contributed by atoms with Crippen LogP contribution in [0.4, 0.5) is 11.5 Å². The summed E-state index contributed by atoms with van der Waals surface area (Å²) in [6.07, 6.45) is 7.56. The number of hydrogen-bond acceptors (Lipinski definition) is 3. The van der Waals surface area contributed by atoms with Crippen molar-refractivity contribution < 1.29 is 4.79 Å². The van der Waals surface area contributed by atoms with Gasteiger partial charge in [-0.15, -0.1) is 0 Å². The monoisotopic (exact) mass is 374 g/mol. The van der Waals surface area contributed by atoms with E-state index in [0.717, 1.165) is 54.3 Å². The number of amides is 1. The first-order valence-electron chi connectivity index (χ1n) is 9.83. The third-order valence-corrected chi connectivity index (χ3v) is 5.46. The summed E-state index contributed by atoms with van der Waals surface area (Å²) < 4.78 is 2.08. The van der Waals surface area contributed by atoms with Gasteiger partial charge in [0.2, 0.25) is 5.91 Å². The highest BCUT2D eigenvalue weighted by atomic mass is 16.1. The molecule has 1 aliphatic rings. The van der Waals surface area contributed by atoms with E-state index in [0.29, 0.717) is 0 Å². The van der Waals surface area contributed by atoms with Crippen LogP contribution in [0.1, 0.15) is 24.0 Å². The van der Waals surface area contributed by atoms with Crippen molar-refractivity contribution in [3.8, 4) is 5.69 Å². The van der Waals surface area contributed by atoms with Gasteiger partial charge in [0.15, 0.2) is 5.82 Å². The van der Waals surface area contributed by atoms with Gasteiger partial charge in [0.1, 0.15) is 0 Å². The Morgan fingerprint density at radius 2 is 1.82 bits per heavy atom. The van der Waals surface area contributed by atoms with Gasteiger partial charge >= 0.3 is 0 Å². The van der Waals surface area contributed by atoms with Crippen molar-refractivity contribution in [1.82, 2.24) is 9.55 Å². The molecule has 0 aliphatic carbocycles. The van der Waals surface area contributed by atoms with Gasteiger partial charge in [-0.3, -0.25) is 4.79 Å². The van der Waals surface area contributed by atoms with E-state index in [2.05, 4.69) is 38.0 Å². The minimum absolute atomic E-state index is 0.0369. The molecule has 1 saturated heterocycles. The Hall–Kier alpha value is -3.08. The molecule has 0 atom stereocenters. The number of rotatable bonds is 4. The van der Waals surface area contributed by atoms with Crippen LogP contribution in [0.3, 0.4) is 0 Å². The van der Waals surface area contributed by atoms with Gasteiger partial charge in [-0.05, 0) is 68.1 Å². The summed E-state index contributed by atoms with van der Waals surface area (Å²) >= 11 is 0. The van der Waals surface area contributed by atoms with Crippen LogP contribution in [0.25, 0.3) is 5.69 Å². The first-order valence-corrected chi connectivity index (χ1v) is 9.83. The SMILES string of the molecule is Cc1ccc(C)c(NC(=O)C2CCN(c3ncccc3-n3cccc3)CC2)c1. The van der Waals surface area contributed by atoms with Crippen LogP contribution in [-0.2, 0) is 4.79 Å². The Balaban J connectivity index is 1.43. The Kier molecular flexibility index (Phi) is 5.15. The number of nitrogens with zero attached hydrogens (tertiary/aromatic N) is 3. The van der Waals surface area contributed by atoms with Crippen LogP contribution >= 0.6 is 0 Å². The topological polar surface area (TPSA) is 50.2 Å². The number of hydrogen-bond donors (Lipinski definition) is 1. The third-order valence-electron chi connectivity index (χ3n) is 5.46. The third kappa shape index (κ3) is 3.79. The maximum atomic E-state index is 12.8. The van der Waals surface area contributed by atoms with E-state index < -0.39 is 0 Å². The number of nitrogens with one attached hydrogen (secondary N) is 1. The Morgan fingerprint density at radius 1 is 1.07 bits per heavy atom. The normalized spacial score (nSPS) is 14.9. The molecule has 2 aromatic heterocycles. The molecular weight excluding hydrogens is 348 g/mol. The quantitative estimate of drug-likeness (QED) is 0.739. The number of aromatic nitrogens is 2. The number of anilines is 2. The van der Waals surface area contributed by atoms with Crippen molar-refractivity contribution in [2.75, 3.05) is 23.3 Å². The lowest BCUT2D eigenvalue weighted by molar-refractivity contribution is -0.120. The van der Waals surface area contributed by atoms with E-state index in [1.165, 1.54) is 0 Å². The summed E-state index contributed by atoms with van der Waals surface area (Å²) in [6, 6.07) is 14.2. The number of benzene rings is 1. The molecule has 1 aromatic carbocycles. The fraction of sp³-hybridized carbons (Fsp3) is 0.304. The molecule has 0 bridgehead atoms. The van der Waals surface area contributed by atoms with E-state index in [9.17, 15) is 4.79 Å². The zero-order chi connectivity index (χ0) is 19.5. The molecule has 4 rings (SSSR count). The average Bonchev–Trinajstić information content (AvgIpc) is 3.25. The van der Waals surface area contributed by atoms with Crippen molar-refractivity contribution in [2.45, 2.75) is 26.7 Å². The number of carbonyl (C=O) groups is 1. The maximum Gasteiger partial charge on any atom is 0.227 e. The van der Waals surface area contributed by atoms with Crippen molar-refractivity contribution in [2.24, 2.45) is 5.92 Å². The van der Waals surface area contributed by atoms with Crippen molar-refractivity contribution in [3.05, 3.63) is 72.2 Å². The molecule has 1 N–H and O–H groups in total. The molecular formula is C23H26N4O. The molecule has 1 amide bonds. The van der Waals surface area contributed by atoms with Crippen LogP contribution in [0.15, 0.2) is 61.1 Å². The summed E-state index contributed by atoms with van der Waals surface area (Å²) in [5.41, 5.74) is 4.25. The lowest BCUT2D eigenvalue weighted by Crippen LogP contribution is -2.39. The zero-order valence-electron chi connectivity index (χ0n) is 16.4. The summed E-state index contributed by atoms with van der Waals surface area (Å²) in [5.74, 6) is 1.14. The molecule has 28 heavy (non-hydrogen) atoms. The highest BCUT2D eigenvalue weighted by molar-refractivity contribution is 5.93. The van der Waals surface area contributed by atoms with Gasteiger partial charge in [-0.25, -0.2) is 4.98 Å². The van der Waals surface area contributed by atoms with E-state index in [4.69, 9.17) is 0 Å². The van der Waals surface area contributed by atoms with Crippen molar-refractivity contribution in [1.29, 1.82) is 0 Å². The first-order chi connectivity index (χ1) is 13.6. The van der Waals surface area contributed by atoms with Gasteiger partial charge in [-0.1, -0.05) is 12.1 Å². The second-order valence-corrected chi connectivity index (χ2v) is 7.51. The zero-order valence-corrected chi connectivity index (χ0v) is 16.4. The second-order valence-electron chi connectivity index (χ2n) is 7.51. The largest absolute Gasteiger partial charge is 0.355 e. The first kappa shape index (κ1) is 18.3. The van der Waals surface area contributed by atoms with E-state index >= 15 is 0 Å². The van der Waals surface area contributed by atoms with Crippen molar-refractivity contribution >= 4 is 17.4 Å². The molecule has 0 saturated carbocycles. The molecule has 3 heterocycles. The lowest BCUT2D eigenvalue weighted by atomic mass is 9.95. The molecule has 0 spiro atoms. The molecule has 5 heteroatoms. The van der Waals surface area contributed by atoms with E-state index in [1.54, 1.807) is 0 Å². The van der Waals surface area contributed by atoms with Crippen LogP contribution in [-0.4, -0.2) is 28.5 Å². The molecule has 0 radical (unpaired) electrons. The minimum Gasteiger partial charge on any atom is -0.355 e. The molecule has 1 fully saturated rings. The van der Waals surface area contributed by atoms with Crippen molar-refractivity contribution in [3.63, 3.8) is 0 Å². The molecule has 0 unspecified atom stereocenters. The smallest absolute Gasteiger partial charge is 0.227 e. The van der Waals surface area contributed by atoms with Gasteiger partial charge < -0.3 is 14.8 Å². The number of aryl methyl sites for hydroxylation is 2. The summed E-state index contributed by atoms with van der Waals surface area (Å²) in [7, 11) is 0. The Morgan fingerprint density at radius 3 is 2.57 bits per heavy atom. The Bertz CT molecular complexity index is 956. The fourth-order valence-corrected chi connectivity index (χ4v) is 3.79. The fourth-order valence-electron chi connectivity index (χ4n) is 3.79. The highest BCUT2D eigenvalue weighted by Crippen LogP contribution is 2.28. The Labute approximate surface area is 166 Å². The molecule has 1 aliphatic heterocycles. The highest BCUT2D eigenvalue weighted by Gasteiger charge is 2.27. The van der Waals surface area contributed by atoms with E-state index in [-0.39, 0.29) is 11.8 Å². The minimum atomic E-state index is 0.0369. The summed E-state index contributed by atoms with van der Waals surface area (Å²) in [5, 5.41) is 3.13.